The minimum Gasteiger partial charge on any atom is -0.486 e. The number of rotatable bonds is 31. The minimum absolute atomic E-state index is 0.0870. The van der Waals surface area contributed by atoms with Crippen molar-refractivity contribution in [1.29, 1.82) is 0 Å². The molecule has 70 heavy (non-hydrogen) atoms. The van der Waals surface area contributed by atoms with Gasteiger partial charge in [0.1, 0.15) is 23.7 Å². The van der Waals surface area contributed by atoms with Crippen molar-refractivity contribution in [1.82, 2.24) is 30.7 Å². The zero-order valence-electron chi connectivity index (χ0n) is 38.9. The summed E-state index contributed by atoms with van der Waals surface area (Å²) >= 11 is 12.3. The fourth-order valence-corrected chi connectivity index (χ4v) is 9.99. The number of fused-ring (bicyclic) bond motifs is 2. The first kappa shape index (κ1) is 54.6. The molecule has 4 aromatic rings. The molecule has 4 amide bonds. The van der Waals surface area contributed by atoms with Gasteiger partial charge in [0.25, 0.3) is 0 Å². The Morgan fingerprint density at radius 1 is 0.471 bits per heavy atom. The largest absolute Gasteiger partial charge is 0.486 e. The van der Waals surface area contributed by atoms with E-state index in [4.69, 9.17) is 51.6 Å². The van der Waals surface area contributed by atoms with Gasteiger partial charge in [-0.05, 0) is 134 Å². The average molecular weight is 1050 g/mol. The molecule has 0 saturated heterocycles. The van der Waals surface area contributed by atoms with Crippen molar-refractivity contribution in [2.24, 2.45) is 0 Å². The first-order valence-corrected chi connectivity index (χ1v) is 27.0. The molecule has 0 radical (unpaired) electrons. The maximum absolute atomic E-state index is 12.7. The summed E-state index contributed by atoms with van der Waals surface area (Å²) in [5, 5.41) is 12.2. The van der Waals surface area contributed by atoms with Gasteiger partial charge in [0, 0.05) is 49.3 Å². The number of benzene rings is 4. The number of amides is 4. The highest BCUT2D eigenvalue weighted by atomic mass is 35.5. The Morgan fingerprint density at radius 2 is 0.829 bits per heavy atom. The fourth-order valence-electron chi connectivity index (χ4n) is 7.60. The fraction of sp³-hybridized carbons (Fsp3) is 0.458. The van der Waals surface area contributed by atoms with Crippen molar-refractivity contribution in [3.8, 4) is 11.5 Å². The number of urea groups is 2. The Labute approximate surface area is 420 Å². The topological polar surface area (TPSA) is 230 Å². The molecule has 0 spiro atoms. The van der Waals surface area contributed by atoms with Crippen LogP contribution in [0.25, 0.3) is 0 Å². The van der Waals surface area contributed by atoms with Gasteiger partial charge in [0.15, 0.2) is 0 Å². The Kier molecular flexibility index (Phi) is 22.1. The molecule has 0 fully saturated rings. The Bertz CT molecular complexity index is 2340. The van der Waals surface area contributed by atoms with Crippen LogP contribution in [0.3, 0.4) is 0 Å². The molecular formula is C48H62Cl2N6O12S2. The lowest BCUT2D eigenvalue weighted by atomic mass is 10.1. The molecule has 0 bridgehead atoms. The molecule has 2 aliphatic rings. The standard InChI is InChI=1S/C48H62Cl2N6O12S2/c49-37-7-3-35-5-17-45(43(35)33-37)67-39-9-13-41(14-10-39)69(59,60)55-23-27-65-31-29-63-25-21-53-47(57)51-19-1-2-20-52-48(58)54-22-26-64-30-32-66-28-24-56-70(61,62)42-15-11-40(12-16-42)68-46-18-6-36-4-8-38(50)34-44(36)46/h3-4,7-16,33-34,45-46,55-56H,1-2,5-6,17-32H2,(H2,51,53,57)(H2,52,54,58). The van der Waals surface area contributed by atoms with E-state index >= 15 is 0 Å². The van der Waals surface area contributed by atoms with Crippen LogP contribution < -0.4 is 40.2 Å². The van der Waals surface area contributed by atoms with Crippen LogP contribution >= 0.6 is 23.2 Å². The number of sulfonamides is 2. The van der Waals surface area contributed by atoms with Crippen LogP contribution in [0.2, 0.25) is 10.0 Å². The molecule has 18 nitrogen and oxygen atoms in total. The Morgan fingerprint density at radius 3 is 1.21 bits per heavy atom. The van der Waals surface area contributed by atoms with E-state index in [1.807, 2.05) is 36.4 Å². The first-order valence-electron chi connectivity index (χ1n) is 23.3. The molecular weight excluding hydrogens is 988 g/mol. The number of hydrogen-bond acceptors (Lipinski definition) is 12. The highest BCUT2D eigenvalue weighted by Crippen LogP contribution is 2.38. The van der Waals surface area contributed by atoms with Crippen LogP contribution in [0.1, 0.15) is 60.1 Å². The maximum Gasteiger partial charge on any atom is 0.314 e. The highest BCUT2D eigenvalue weighted by Gasteiger charge is 2.26. The third-order valence-corrected chi connectivity index (χ3v) is 14.6. The number of carbonyl (C=O) groups is 2. The molecule has 0 aliphatic heterocycles. The highest BCUT2D eigenvalue weighted by molar-refractivity contribution is 7.89. The second-order valence-electron chi connectivity index (χ2n) is 16.2. The van der Waals surface area contributed by atoms with Gasteiger partial charge in [-0.3, -0.25) is 0 Å². The maximum atomic E-state index is 12.7. The predicted octanol–water partition coefficient (Wildman–Crippen LogP) is 5.83. The summed E-state index contributed by atoms with van der Waals surface area (Å²) in [7, 11) is -7.46. The molecule has 4 aromatic carbocycles. The van der Waals surface area contributed by atoms with Gasteiger partial charge >= 0.3 is 12.1 Å². The average Bonchev–Trinajstić information content (AvgIpc) is 3.93. The van der Waals surface area contributed by atoms with Crippen LogP contribution in [0.15, 0.2) is 94.7 Å². The van der Waals surface area contributed by atoms with Crippen molar-refractivity contribution in [3.05, 3.63) is 117 Å². The summed E-state index contributed by atoms with van der Waals surface area (Å²) in [4.78, 5) is 24.3. The number of nitrogens with one attached hydrogen (secondary N) is 6. The van der Waals surface area contributed by atoms with Gasteiger partial charge in [-0.25, -0.2) is 35.9 Å². The second kappa shape index (κ2) is 28.3. The smallest absolute Gasteiger partial charge is 0.314 e. The molecule has 2 atom stereocenters. The number of carbonyl (C=O) groups excluding carboxylic acids is 2. The van der Waals surface area contributed by atoms with Gasteiger partial charge in [-0.2, -0.15) is 0 Å². The van der Waals surface area contributed by atoms with Crippen LogP contribution in [-0.4, -0.2) is 121 Å². The van der Waals surface area contributed by atoms with Crippen molar-refractivity contribution in [3.63, 3.8) is 0 Å². The second-order valence-corrected chi connectivity index (χ2v) is 20.6. The monoisotopic (exact) mass is 1050 g/mol. The number of unbranched alkanes of at least 4 members (excludes halogenated alkanes) is 1. The van der Waals surface area contributed by atoms with E-state index in [1.165, 1.54) is 35.4 Å². The molecule has 382 valence electrons. The summed E-state index contributed by atoms with van der Waals surface area (Å²) < 4.78 is 90.0. The van der Waals surface area contributed by atoms with E-state index in [1.54, 1.807) is 24.3 Å². The summed E-state index contributed by atoms with van der Waals surface area (Å²) in [6, 6.07) is 23.5. The summed E-state index contributed by atoms with van der Waals surface area (Å²) in [5.41, 5.74) is 4.53. The molecule has 6 rings (SSSR count). The van der Waals surface area contributed by atoms with Crippen LogP contribution in [0.5, 0.6) is 11.5 Å². The molecule has 2 unspecified atom stereocenters. The third-order valence-electron chi connectivity index (χ3n) is 11.1. The molecule has 0 heterocycles. The van der Waals surface area contributed by atoms with E-state index in [0.717, 1.165) is 36.8 Å². The molecule has 0 saturated carbocycles. The van der Waals surface area contributed by atoms with Gasteiger partial charge in [0.05, 0.1) is 62.6 Å². The van der Waals surface area contributed by atoms with Gasteiger partial charge in [0.2, 0.25) is 20.0 Å². The van der Waals surface area contributed by atoms with E-state index in [0.29, 0.717) is 60.6 Å². The lowest BCUT2D eigenvalue weighted by Crippen LogP contribution is -2.39. The normalized spacial score (nSPS) is 15.2. The number of aryl methyl sites for hydroxylation is 2. The van der Waals surface area contributed by atoms with Gasteiger partial charge in [-0.15, -0.1) is 0 Å². The SMILES string of the molecule is O=C(NCCCCNC(=O)NCCOCCOCCNS(=O)(=O)c1ccc(OC2CCc3ccc(Cl)cc32)cc1)NCCOCCOCCNS(=O)(=O)c1ccc(OC2CCc3ccc(Cl)cc32)cc1. The van der Waals surface area contributed by atoms with E-state index in [-0.39, 0.29) is 100 Å². The molecule has 0 aromatic heterocycles. The third kappa shape index (κ3) is 18.1. The lowest BCUT2D eigenvalue weighted by Gasteiger charge is -2.15. The first-order chi connectivity index (χ1) is 33.9. The quantitative estimate of drug-likeness (QED) is 0.0328. The molecule has 6 N–H and O–H groups in total. The van der Waals surface area contributed by atoms with Crippen molar-refractivity contribution in [2.75, 3.05) is 92.1 Å². The molecule has 22 heteroatoms. The minimum atomic E-state index is -3.73. The van der Waals surface area contributed by atoms with Crippen LogP contribution in [0.4, 0.5) is 9.59 Å². The molecule has 2 aliphatic carbocycles. The van der Waals surface area contributed by atoms with Gasteiger partial charge < -0.3 is 49.7 Å². The Hall–Kier alpha value is -4.74. The zero-order chi connectivity index (χ0) is 49.6. The number of halogens is 2. The van der Waals surface area contributed by atoms with Crippen molar-refractivity contribution in [2.45, 2.75) is 60.5 Å². The summed E-state index contributed by atoms with van der Waals surface area (Å²) in [6.45, 7) is 3.55. The summed E-state index contributed by atoms with van der Waals surface area (Å²) in [5.74, 6) is 1.15. The Balaban J connectivity index is 0.667. The van der Waals surface area contributed by atoms with Crippen molar-refractivity contribution >= 4 is 55.3 Å². The number of hydrogen-bond donors (Lipinski definition) is 6. The zero-order valence-corrected chi connectivity index (χ0v) is 42.0. The summed E-state index contributed by atoms with van der Waals surface area (Å²) in [6.07, 6.45) is 4.52. The van der Waals surface area contributed by atoms with E-state index in [9.17, 15) is 26.4 Å². The lowest BCUT2D eigenvalue weighted by molar-refractivity contribution is 0.0516. The number of ether oxygens (including phenoxy) is 6. The van der Waals surface area contributed by atoms with E-state index in [2.05, 4.69) is 30.7 Å². The van der Waals surface area contributed by atoms with Crippen molar-refractivity contribution < 1.29 is 54.8 Å². The predicted molar refractivity (Wildman–Crippen MR) is 265 cm³/mol. The van der Waals surface area contributed by atoms with Crippen LogP contribution in [0, 0.1) is 0 Å². The van der Waals surface area contributed by atoms with Gasteiger partial charge in [-0.1, -0.05) is 35.3 Å². The van der Waals surface area contributed by atoms with E-state index < -0.39 is 20.0 Å². The van der Waals surface area contributed by atoms with Crippen LogP contribution in [-0.2, 0) is 51.8 Å².